The normalized spacial score (nSPS) is 13.4. The van der Waals surface area contributed by atoms with Crippen molar-refractivity contribution in [3.05, 3.63) is 29.8 Å². The van der Waals surface area contributed by atoms with Crippen LogP contribution in [0.1, 0.15) is 19.4 Å². The van der Waals surface area contributed by atoms with Crippen molar-refractivity contribution in [3.63, 3.8) is 0 Å². The van der Waals surface area contributed by atoms with E-state index in [-0.39, 0.29) is 0 Å². The topological polar surface area (TPSA) is 15.3 Å². The molecule has 1 heterocycles. The van der Waals surface area contributed by atoms with E-state index in [4.69, 9.17) is 0 Å². The summed E-state index contributed by atoms with van der Waals surface area (Å²) in [6.07, 6.45) is 0. The predicted molar refractivity (Wildman–Crippen MR) is 53.0 cm³/mol. The maximum atomic E-state index is 3.22. The lowest BCUT2D eigenvalue weighted by Gasteiger charge is -2.10. The summed E-state index contributed by atoms with van der Waals surface area (Å²) in [5, 5.41) is 2.05. The smallest absolute Gasteiger partial charge is 0.0562 e. The van der Waals surface area contributed by atoms with Gasteiger partial charge in [-0.05, 0) is 11.6 Å². The van der Waals surface area contributed by atoms with Crippen LogP contribution in [0.3, 0.4) is 0 Å². The fraction of sp³-hybridized carbons (Fsp3) is 0.400. The number of fused-ring (bicyclic) bond motifs is 1. The number of para-hydroxylation sites is 1. The first-order valence-corrected chi connectivity index (χ1v) is 4.43. The molecule has 0 aromatic heterocycles. The monoisotopic (exact) mass is 164 g/mol. The zero-order valence-corrected chi connectivity index (χ0v) is 7.96. The van der Waals surface area contributed by atoms with E-state index in [2.05, 4.69) is 34.7 Å². The molecule has 0 unspecified atom stereocenters. The van der Waals surface area contributed by atoms with Gasteiger partial charge in [-0.15, -0.1) is 0 Å². The molecule has 2 heteroatoms. The Morgan fingerprint density at radius 1 is 1.25 bits per heavy atom. The van der Waals surface area contributed by atoms with Gasteiger partial charge in [0.2, 0.25) is 0 Å². The summed E-state index contributed by atoms with van der Waals surface area (Å²) in [7, 11) is 2.03. The van der Waals surface area contributed by atoms with Crippen molar-refractivity contribution in [1.29, 1.82) is 0 Å². The van der Waals surface area contributed by atoms with Crippen LogP contribution >= 0.6 is 0 Å². The minimum Gasteiger partial charge on any atom is -0.311 e. The molecule has 0 bridgehead atoms. The van der Waals surface area contributed by atoms with Crippen molar-refractivity contribution in [3.8, 4) is 0 Å². The Morgan fingerprint density at radius 3 is 2.58 bits per heavy atom. The van der Waals surface area contributed by atoms with Gasteiger partial charge < -0.3 is 5.01 Å². The van der Waals surface area contributed by atoms with Crippen LogP contribution in [0.5, 0.6) is 0 Å². The quantitative estimate of drug-likeness (QED) is 0.632. The molecule has 0 saturated carbocycles. The molecule has 12 heavy (non-hydrogen) atoms. The number of nitrogens with zero attached hydrogens (tertiary/aromatic N) is 1. The SMILES string of the molecule is CC.CN1NCc2ccccc21. The molecule has 0 radical (unpaired) electrons. The number of rotatable bonds is 0. The maximum Gasteiger partial charge on any atom is 0.0562 e. The second kappa shape index (κ2) is 4.12. The summed E-state index contributed by atoms with van der Waals surface area (Å²) in [5.41, 5.74) is 5.89. The molecule has 2 nitrogen and oxygen atoms in total. The van der Waals surface area contributed by atoms with Gasteiger partial charge in [0.05, 0.1) is 5.69 Å². The van der Waals surface area contributed by atoms with E-state index in [1.165, 1.54) is 11.3 Å². The summed E-state index contributed by atoms with van der Waals surface area (Å²) in [5.74, 6) is 0. The van der Waals surface area contributed by atoms with Crippen LogP contribution in [0.25, 0.3) is 0 Å². The Labute approximate surface area is 74.2 Å². The Hall–Kier alpha value is -1.02. The molecule has 1 aromatic rings. The largest absolute Gasteiger partial charge is 0.311 e. The molecule has 0 aliphatic carbocycles. The maximum absolute atomic E-state index is 3.22. The Balaban J connectivity index is 0.000000336. The Morgan fingerprint density at radius 2 is 1.92 bits per heavy atom. The second-order valence-corrected chi connectivity index (χ2v) is 2.52. The van der Waals surface area contributed by atoms with Crippen molar-refractivity contribution in [1.82, 2.24) is 5.43 Å². The molecule has 1 aliphatic heterocycles. The predicted octanol–water partition coefficient (Wildman–Crippen LogP) is 2.17. The van der Waals surface area contributed by atoms with Gasteiger partial charge in [0, 0.05) is 13.6 Å². The molecule has 1 aromatic carbocycles. The fourth-order valence-electron chi connectivity index (χ4n) is 1.28. The zero-order valence-electron chi connectivity index (χ0n) is 7.96. The highest BCUT2D eigenvalue weighted by Crippen LogP contribution is 2.21. The standard InChI is InChI=1S/C8H10N2.C2H6/c1-10-8-5-3-2-4-7(8)6-9-10;1-2/h2-5,9H,6H2,1H3;1-2H3. The summed E-state index contributed by atoms with van der Waals surface area (Å²) < 4.78 is 0. The molecular weight excluding hydrogens is 148 g/mol. The first-order chi connectivity index (χ1) is 5.88. The van der Waals surface area contributed by atoms with Crippen molar-refractivity contribution in [2.45, 2.75) is 20.4 Å². The molecule has 2 rings (SSSR count). The molecule has 1 N–H and O–H groups in total. The highest BCUT2D eigenvalue weighted by atomic mass is 15.5. The average molecular weight is 164 g/mol. The third kappa shape index (κ3) is 1.59. The molecular formula is C10H16N2. The van der Waals surface area contributed by atoms with E-state index >= 15 is 0 Å². The lowest BCUT2D eigenvalue weighted by molar-refractivity contribution is 0.734. The molecule has 66 valence electrons. The first-order valence-electron chi connectivity index (χ1n) is 4.43. The second-order valence-electron chi connectivity index (χ2n) is 2.52. The third-order valence-corrected chi connectivity index (χ3v) is 1.86. The van der Waals surface area contributed by atoms with Crippen molar-refractivity contribution in [2.75, 3.05) is 12.1 Å². The van der Waals surface area contributed by atoms with E-state index in [0.29, 0.717) is 0 Å². The van der Waals surface area contributed by atoms with Gasteiger partial charge in [-0.2, -0.15) is 0 Å². The van der Waals surface area contributed by atoms with Crippen molar-refractivity contribution >= 4 is 5.69 Å². The van der Waals surface area contributed by atoms with Crippen molar-refractivity contribution in [2.24, 2.45) is 0 Å². The van der Waals surface area contributed by atoms with Crippen LogP contribution < -0.4 is 10.4 Å². The number of hydrogen-bond donors (Lipinski definition) is 1. The lowest BCUT2D eigenvalue weighted by Crippen LogP contribution is -2.26. The molecule has 0 fully saturated rings. The van der Waals surface area contributed by atoms with Gasteiger partial charge in [-0.1, -0.05) is 32.0 Å². The van der Waals surface area contributed by atoms with E-state index in [9.17, 15) is 0 Å². The summed E-state index contributed by atoms with van der Waals surface area (Å²) in [6, 6.07) is 8.39. The van der Waals surface area contributed by atoms with Gasteiger partial charge in [0.15, 0.2) is 0 Å². The third-order valence-electron chi connectivity index (χ3n) is 1.86. The molecule has 0 saturated heterocycles. The number of anilines is 1. The number of hydrazine groups is 1. The van der Waals surface area contributed by atoms with Crippen molar-refractivity contribution < 1.29 is 0 Å². The zero-order chi connectivity index (χ0) is 8.97. The van der Waals surface area contributed by atoms with Crippen LogP contribution in [0, 0.1) is 0 Å². The highest BCUT2D eigenvalue weighted by Gasteiger charge is 2.12. The molecule has 1 aliphatic rings. The van der Waals surface area contributed by atoms with Gasteiger partial charge in [-0.25, -0.2) is 5.43 Å². The Kier molecular flexibility index (Phi) is 3.11. The van der Waals surface area contributed by atoms with Gasteiger partial charge in [0.25, 0.3) is 0 Å². The first kappa shape index (κ1) is 9.07. The van der Waals surface area contributed by atoms with Gasteiger partial charge >= 0.3 is 0 Å². The lowest BCUT2D eigenvalue weighted by atomic mass is 10.2. The van der Waals surface area contributed by atoms with E-state index in [0.717, 1.165) is 6.54 Å². The number of benzene rings is 1. The van der Waals surface area contributed by atoms with Gasteiger partial charge in [0.1, 0.15) is 0 Å². The van der Waals surface area contributed by atoms with Crippen LogP contribution in [0.2, 0.25) is 0 Å². The fourth-order valence-corrected chi connectivity index (χ4v) is 1.28. The van der Waals surface area contributed by atoms with Gasteiger partial charge in [-0.3, -0.25) is 0 Å². The Bertz CT molecular complexity index is 245. The highest BCUT2D eigenvalue weighted by molar-refractivity contribution is 5.55. The molecule has 0 spiro atoms. The van der Waals surface area contributed by atoms with E-state index < -0.39 is 0 Å². The molecule has 0 atom stereocenters. The summed E-state index contributed by atoms with van der Waals surface area (Å²) in [4.78, 5) is 0. The minimum atomic E-state index is 0.965. The van der Waals surface area contributed by atoms with Crippen LogP contribution in [0.4, 0.5) is 5.69 Å². The van der Waals surface area contributed by atoms with Crippen LogP contribution in [-0.2, 0) is 6.54 Å². The minimum absolute atomic E-state index is 0.965. The average Bonchev–Trinajstić information content (AvgIpc) is 2.53. The summed E-state index contributed by atoms with van der Waals surface area (Å²) >= 11 is 0. The van der Waals surface area contributed by atoms with Crippen LogP contribution in [-0.4, -0.2) is 7.05 Å². The summed E-state index contributed by atoms with van der Waals surface area (Å²) in [6.45, 7) is 4.96. The number of nitrogens with one attached hydrogen (secondary N) is 1. The van der Waals surface area contributed by atoms with E-state index in [1.807, 2.05) is 20.9 Å². The van der Waals surface area contributed by atoms with Crippen LogP contribution in [0.15, 0.2) is 24.3 Å². The van der Waals surface area contributed by atoms with E-state index in [1.54, 1.807) is 0 Å². The number of hydrogen-bond acceptors (Lipinski definition) is 2. The molecule has 0 amide bonds.